The molecule has 1 amide bonds. The minimum atomic E-state index is -0.407. The number of nitrogens with zero attached hydrogens (tertiary/aromatic N) is 3. The van der Waals surface area contributed by atoms with E-state index in [2.05, 4.69) is 20.5 Å². The molecular formula is C23H17N5O2S. The number of hydrazone groups is 1. The Morgan fingerprint density at radius 2 is 1.97 bits per heavy atom. The number of amides is 1. The van der Waals surface area contributed by atoms with Gasteiger partial charge in [0.1, 0.15) is 11.4 Å². The fraction of sp³-hybridized carbons (Fsp3) is 0.0435. The molecule has 0 aliphatic rings. The third kappa shape index (κ3) is 3.64. The van der Waals surface area contributed by atoms with E-state index in [1.807, 2.05) is 66.2 Å². The van der Waals surface area contributed by atoms with Gasteiger partial charge in [0.05, 0.1) is 17.9 Å². The number of rotatable bonds is 5. The van der Waals surface area contributed by atoms with E-state index >= 15 is 0 Å². The number of nitrogens with one attached hydrogen (secondary N) is 2. The maximum Gasteiger partial charge on any atom is 0.263 e. The third-order valence-corrected chi connectivity index (χ3v) is 5.86. The lowest BCUT2D eigenvalue weighted by molar-refractivity contribution is -0.121. The summed E-state index contributed by atoms with van der Waals surface area (Å²) in [5, 5.41) is 7.48. The van der Waals surface area contributed by atoms with Crippen molar-refractivity contribution < 1.29 is 4.79 Å². The molecule has 5 rings (SSSR count). The number of hydrogen-bond acceptors (Lipinski definition) is 5. The molecule has 0 saturated heterocycles. The van der Waals surface area contributed by atoms with Gasteiger partial charge >= 0.3 is 0 Å². The van der Waals surface area contributed by atoms with Crippen LogP contribution in [-0.2, 0) is 11.3 Å². The van der Waals surface area contributed by atoms with Gasteiger partial charge in [0.2, 0.25) is 0 Å². The van der Waals surface area contributed by atoms with Gasteiger partial charge in [-0.05, 0) is 11.6 Å². The number of para-hydroxylation sites is 1. The summed E-state index contributed by atoms with van der Waals surface area (Å²) in [7, 11) is 0. The predicted octanol–water partition coefficient (Wildman–Crippen LogP) is 3.76. The van der Waals surface area contributed by atoms with Crippen molar-refractivity contribution in [3.63, 3.8) is 0 Å². The van der Waals surface area contributed by atoms with E-state index in [1.165, 1.54) is 22.2 Å². The molecule has 0 atom stereocenters. The average Bonchev–Trinajstić information content (AvgIpc) is 3.41. The molecule has 2 aromatic carbocycles. The Kier molecular flexibility index (Phi) is 4.89. The average molecular weight is 427 g/mol. The number of carbonyl (C=O) groups excluding carboxylic acids is 1. The van der Waals surface area contributed by atoms with Gasteiger partial charge in [0, 0.05) is 33.6 Å². The lowest BCUT2D eigenvalue weighted by Crippen LogP contribution is -2.30. The van der Waals surface area contributed by atoms with Crippen molar-refractivity contribution in [2.75, 3.05) is 0 Å². The van der Waals surface area contributed by atoms with Gasteiger partial charge in [-0.1, -0.05) is 48.5 Å². The number of thiophene rings is 1. The van der Waals surface area contributed by atoms with E-state index in [-0.39, 0.29) is 12.1 Å². The van der Waals surface area contributed by atoms with Crippen LogP contribution in [0.25, 0.3) is 32.2 Å². The van der Waals surface area contributed by atoms with Crippen molar-refractivity contribution in [1.29, 1.82) is 0 Å². The normalized spacial score (nSPS) is 11.5. The molecule has 5 aromatic rings. The molecule has 0 radical (unpaired) electrons. The highest BCUT2D eigenvalue weighted by atomic mass is 32.1. The van der Waals surface area contributed by atoms with E-state index in [4.69, 9.17) is 0 Å². The molecule has 0 spiro atoms. The van der Waals surface area contributed by atoms with E-state index in [9.17, 15) is 9.59 Å². The number of aromatic nitrogens is 3. The Morgan fingerprint density at radius 1 is 1.16 bits per heavy atom. The number of H-pyrrole nitrogens is 1. The van der Waals surface area contributed by atoms with Crippen LogP contribution in [0.1, 0.15) is 5.56 Å². The summed E-state index contributed by atoms with van der Waals surface area (Å²) in [6, 6.07) is 17.5. The quantitative estimate of drug-likeness (QED) is 0.330. The van der Waals surface area contributed by atoms with Crippen LogP contribution in [0, 0.1) is 0 Å². The fourth-order valence-corrected chi connectivity index (χ4v) is 4.38. The van der Waals surface area contributed by atoms with Gasteiger partial charge in [0.25, 0.3) is 11.5 Å². The Bertz CT molecular complexity index is 1480. The highest BCUT2D eigenvalue weighted by Crippen LogP contribution is 2.30. The zero-order valence-electron chi connectivity index (χ0n) is 16.3. The molecule has 152 valence electrons. The fourth-order valence-electron chi connectivity index (χ4n) is 3.48. The van der Waals surface area contributed by atoms with Gasteiger partial charge in [0.15, 0.2) is 0 Å². The number of benzene rings is 2. The zero-order chi connectivity index (χ0) is 21.2. The van der Waals surface area contributed by atoms with E-state index in [0.717, 1.165) is 27.6 Å². The lowest BCUT2D eigenvalue weighted by Gasteiger charge is -2.05. The molecule has 3 heterocycles. The first-order chi connectivity index (χ1) is 15.2. The minimum Gasteiger partial charge on any atom is -0.361 e. The maximum absolute atomic E-state index is 13.0. The number of carbonyl (C=O) groups is 1. The van der Waals surface area contributed by atoms with Crippen molar-refractivity contribution in [2.24, 2.45) is 5.10 Å². The van der Waals surface area contributed by atoms with E-state index in [1.54, 1.807) is 6.21 Å². The smallest absolute Gasteiger partial charge is 0.263 e. The molecule has 0 bridgehead atoms. The molecule has 2 N–H and O–H groups in total. The number of hydrogen-bond donors (Lipinski definition) is 2. The van der Waals surface area contributed by atoms with Crippen molar-refractivity contribution in [3.05, 3.63) is 88.4 Å². The van der Waals surface area contributed by atoms with Crippen molar-refractivity contribution in [2.45, 2.75) is 6.54 Å². The summed E-state index contributed by atoms with van der Waals surface area (Å²) >= 11 is 1.41. The van der Waals surface area contributed by atoms with Crippen LogP contribution in [0.3, 0.4) is 0 Å². The highest BCUT2D eigenvalue weighted by molar-refractivity contribution is 7.17. The Morgan fingerprint density at radius 3 is 2.84 bits per heavy atom. The molecule has 0 aliphatic carbocycles. The van der Waals surface area contributed by atoms with Crippen LogP contribution >= 0.6 is 11.3 Å². The molecule has 31 heavy (non-hydrogen) atoms. The molecule has 0 aliphatic heterocycles. The maximum atomic E-state index is 13.0. The van der Waals surface area contributed by atoms with Crippen LogP contribution in [0.5, 0.6) is 0 Å². The van der Waals surface area contributed by atoms with Gasteiger partial charge in [-0.2, -0.15) is 5.10 Å². The second-order valence-electron chi connectivity index (χ2n) is 6.96. The first-order valence-corrected chi connectivity index (χ1v) is 10.5. The van der Waals surface area contributed by atoms with Crippen LogP contribution < -0.4 is 11.0 Å². The van der Waals surface area contributed by atoms with Gasteiger partial charge in [-0.15, -0.1) is 11.3 Å². The summed E-state index contributed by atoms with van der Waals surface area (Å²) < 4.78 is 1.30. The molecule has 3 aromatic heterocycles. The van der Waals surface area contributed by atoms with E-state index in [0.29, 0.717) is 10.2 Å². The first kappa shape index (κ1) is 19.0. The van der Waals surface area contributed by atoms with Crippen LogP contribution in [-0.4, -0.2) is 26.7 Å². The first-order valence-electron chi connectivity index (χ1n) is 9.61. The number of fused-ring (bicyclic) bond motifs is 2. The molecule has 0 unspecified atom stereocenters. The zero-order valence-corrected chi connectivity index (χ0v) is 17.1. The van der Waals surface area contributed by atoms with Crippen LogP contribution in [0.4, 0.5) is 0 Å². The molecular weight excluding hydrogens is 410 g/mol. The SMILES string of the molecule is O=C(Cn1cnc2scc(-c3ccccc3)c2c1=O)N/N=C\c1c[nH]c2ccccc12. The predicted molar refractivity (Wildman–Crippen MR) is 123 cm³/mol. The topological polar surface area (TPSA) is 92.1 Å². The van der Waals surface area contributed by atoms with Gasteiger partial charge in [-0.3, -0.25) is 14.2 Å². The van der Waals surface area contributed by atoms with Crippen LogP contribution in [0.2, 0.25) is 0 Å². The van der Waals surface area contributed by atoms with Gasteiger partial charge in [-0.25, -0.2) is 10.4 Å². The van der Waals surface area contributed by atoms with E-state index < -0.39 is 5.91 Å². The monoisotopic (exact) mass is 427 g/mol. The molecule has 7 nitrogen and oxygen atoms in total. The summed E-state index contributed by atoms with van der Waals surface area (Å²) in [5.74, 6) is -0.407. The van der Waals surface area contributed by atoms with Crippen molar-refractivity contribution >= 4 is 44.6 Å². The molecule has 8 heteroatoms. The Labute approximate surface area is 180 Å². The second kappa shape index (κ2) is 8.00. The molecule has 0 saturated carbocycles. The Balaban J connectivity index is 1.36. The summed E-state index contributed by atoms with van der Waals surface area (Å²) in [6.07, 6.45) is 4.80. The van der Waals surface area contributed by atoms with Crippen molar-refractivity contribution in [1.82, 2.24) is 20.0 Å². The summed E-state index contributed by atoms with van der Waals surface area (Å²) in [4.78, 5) is 33.6. The minimum absolute atomic E-state index is 0.170. The number of aromatic amines is 1. The largest absolute Gasteiger partial charge is 0.361 e. The molecule has 0 fully saturated rings. The third-order valence-electron chi connectivity index (χ3n) is 4.97. The second-order valence-corrected chi connectivity index (χ2v) is 7.81. The lowest BCUT2D eigenvalue weighted by atomic mass is 10.1. The van der Waals surface area contributed by atoms with Crippen molar-refractivity contribution in [3.8, 4) is 11.1 Å². The van der Waals surface area contributed by atoms with Crippen LogP contribution in [0.15, 0.2) is 82.4 Å². The summed E-state index contributed by atoms with van der Waals surface area (Å²) in [5.41, 5.74) is 5.85. The summed E-state index contributed by atoms with van der Waals surface area (Å²) in [6.45, 7) is -0.170. The highest BCUT2D eigenvalue weighted by Gasteiger charge is 2.14. The van der Waals surface area contributed by atoms with Gasteiger partial charge < -0.3 is 4.98 Å². The standard InChI is InChI=1S/C23H17N5O2S/c29-20(27-26-11-16-10-24-19-9-5-4-8-17(16)19)12-28-14-25-22-21(23(28)30)18(13-31-22)15-6-2-1-3-7-15/h1-11,13-14,24H,12H2,(H,27,29)/b26-11-. The Hall–Kier alpha value is -4.04.